The maximum absolute atomic E-state index is 11.6. The maximum Gasteiger partial charge on any atom is 0.236 e. The van der Waals surface area contributed by atoms with Gasteiger partial charge in [0.1, 0.15) is 0 Å². The first-order valence-electron chi connectivity index (χ1n) is 5.74. The fourth-order valence-corrected chi connectivity index (χ4v) is 3.07. The smallest absolute Gasteiger partial charge is 0.236 e. The van der Waals surface area contributed by atoms with Crippen molar-refractivity contribution in [3.63, 3.8) is 0 Å². The lowest BCUT2D eigenvalue weighted by molar-refractivity contribution is -0.122. The molecule has 0 aromatic rings. The number of amides is 1. The van der Waals surface area contributed by atoms with Gasteiger partial charge in [0.2, 0.25) is 5.91 Å². The van der Waals surface area contributed by atoms with E-state index in [1.165, 1.54) is 18.6 Å². The molecular weight excluding hydrogens is 208 g/mol. The Labute approximate surface area is 96.6 Å². The number of nitrogens with two attached hydrogens (primary N) is 1. The van der Waals surface area contributed by atoms with Crippen LogP contribution in [0.2, 0.25) is 0 Å². The van der Waals surface area contributed by atoms with E-state index in [4.69, 9.17) is 5.73 Å². The van der Waals surface area contributed by atoms with Gasteiger partial charge >= 0.3 is 0 Å². The molecule has 0 radical (unpaired) electrons. The van der Waals surface area contributed by atoms with Crippen molar-refractivity contribution in [1.29, 1.82) is 0 Å². The Hall–Kier alpha value is -0.220. The summed E-state index contributed by atoms with van der Waals surface area (Å²) in [5.74, 6) is 1.22. The number of thioether (sulfide) groups is 1. The van der Waals surface area contributed by atoms with Gasteiger partial charge < -0.3 is 11.1 Å². The molecule has 1 aliphatic heterocycles. The van der Waals surface area contributed by atoms with Crippen LogP contribution in [0.4, 0.5) is 0 Å². The third-order valence-corrected chi connectivity index (χ3v) is 4.41. The monoisotopic (exact) mass is 230 g/mol. The van der Waals surface area contributed by atoms with Crippen LogP contribution in [-0.2, 0) is 4.79 Å². The second-order valence-electron chi connectivity index (χ2n) is 4.51. The molecule has 0 aromatic heterocycles. The topological polar surface area (TPSA) is 55.1 Å². The van der Waals surface area contributed by atoms with E-state index in [2.05, 4.69) is 12.2 Å². The molecule has 0 saturated carbocycles. The molecule has 1 heterocycles. The lowest BCUT2D eigenvalue weighted by atomic mass is 10.1. The second-order valence-corrected chi connectivity index (χ2v) is 6.20. The molecule has 0 aliphatic carbocycles. The third kappa shape index (κ3) is 4.03. The Kier molecular flexibility index (Phi) is 4.93. The van der Waals surface area contributed by atoms with Crippen LogP contribution in [0.15, 0.2) is 0 Å². The number of carbonyl (C=O) groups excluding carboxylic acids is 1. The summed E-state index contributed by atoms with van der Waals surface area (Å²) in [6.07, 6.45) is 4.19. The minimum absolute atomic E-state index is 0.00516. The summed E-state index contributed by atoms with van der Waals surface area (Å²) < 4.78 is 0.238. The molecule has 3 nitrogen and oxygen atoms in total. The fraction of sp³-hybridized carbons (Fsp3) is 0.909. The van der Waals surface area contributed by atoms with Crippen LogP contribution < -0.4 is 11.1 Å². The summed E-state index contributed by atoms with van der Waals surface area (Å²) >= 11 is 1.96. The Morgan fingerprint density at radius 3 is 2.93 bits per heavy atom. The van der Waals surface area contributed by atoms with Gasteiger partial charge in [-0.3, -0.25) is 4.79 Å². The van der Waals surface area contributed by atoms with Crippen molar-refractivity contribution >= 4 is 17.7 Å². The van der Waals surface area contributed by atoms with Gasteiger partial charge in [-0.1, -0.05) is 13.3 Å². The Bertz CT molecular complexity index is 215. The number of carbonyl (C=O) groups is 1. The van der Waals surface area contributed by atoms with Gasteiger partial charge in [0, 0.05) is 11.3 Å². The van der Waals surface area contributed by atoms with Gasteiger partial charge in [-0.05, 0) is 31.9 Å². The number of hydrogen-bond donors (Lipinski definition) is 2. The largest absolute Gasteiger partial charge is 0.353 e. The molecule has 88 valence electrons. The van der Waals surface area contributed by atoms with E-state index in [-0.39, 0.29) is 16.7 Å². The van der Waals surface area contributed by atoms with Crippen molar-refractivity contribution in [3.8, 4) is 0 Å². The molecule has 1 amide bonds. The molecule has 15 heavy (non-hydrogen) atoms. The highest BCUT2D eigenvalue weighted by molar-refractivity contribution is 8.00. The predicted octanol–water partition coefficient (Wildman–Crippen LogP) is 1.52. The van der Waals surface area contributed by atoms with Crippen LogP contribution in [0.3, 0.4) is 0 Å². The van der Waals surface area contributed by atoms with Crippen molar-refractivity contribution in [3.05, 3.63) is 0 Å². The van der Waals surface area contributed by atoms with Gasteiger partial charge in [-0.25, -0.2) is 0 Å². The first kappa shape index (κ1) is 12.8. The summed E-state index contributed by atoms with van der Waals surface area (Å²) in [5, 5.41) is 2.96. The molecule has 0 aromatic carbocycles. The summed E-state index contributed by atoms with van der Waals surface area (Å²) in [5.41, 5.74) is 5.74. The van der Waals surface area contributed by atoms with Crippen molar-refractivity contribution in [2.45, 2.75) is 50.3 Å². The van der Waals surface area contributed by atoms with Gasteiger partial charge in [0.05, 0.1) is 6.04 Å². The molecule has 2 atom stereocenters. The number of hydrogen-bond acceptors (Lipinski definition) is 3. The van der Waals surface area contributed by atoms with Crippen LogP contribution in [0.1, 0.15) is 39.5 Å². The van der Waals surface area contributed by atoms with Crippen molar-refractivity contribution < 1.29 is 4.79 Å². The van der Waals surface area contributed by atoms with E-state index in [1.807, 2.05) is 18.7 Å². The highest BCUT2D eigenvalue weighted by atomic mass is 32.2. The standard InChI is InChI=1S/C11H22N2OS/c1-3-5-9(12)10(14)13-8-11(2)6-4-7-15-11/h9H,3-8,12H2,1-2H3,(H,13,14). The SMILES string of the molecule is CCCC(N)C(=O)NCC1(C)CCCS1. The first-order chi connectivity index (χ1) is 7.07. The van der Waals surface area contributed by atoms with Crippen molar-refractivity contribution in [2.75, 3.05) is 12.3 Å². The van der Waals surface area contributed by atoms with Gasteiger partial charge in [-0.2, -0.15) is 11.8 Å². The zero-order valence-corrected chi connectivity index (χ0v) is 10.5. The quantitative estimate of drug-likeness (QED) is 0.753. The van der Waals surface area contributed by atoms with Crippen molar-refractivity contribution in [1.82, 2.24) is 5.32 Å². The van der Waals surface area contributed by atoms with Crippen LogP contribution in [0.25, 0.3) is 0 Å². The van der Waals surface area contributed by atoms with E-state index >= 15 is 0 Å². The summed E-state index contributed by atoms with van der Waals surface area (Å²) in [7, 11) is 0. The summed E-state index contributed by atoms with van der Waals surface area (Å²) in [6.45, 7) is 5.02. The second kappa shape index (κ2) is 5.75. The molecule has 3 N–H and O–H groups in total. The molecule has 2 unspecified atom stereocenters. The maximum atomic E-state index is 11.6. The van der Waals surface area contributed by atoms with E-state index in [9.17, 15) is 4.79 Å². The van der Waals surface area contributed by atoms with E-state index < -0.39 is 0 Å². The average Bonchev–Trinajstić information content (AvgIpc) is 2.63. The lowest BCUT2D eigenvalue weighted by Crippen LogP contribution is -2.45. The van der Waals surface area contributed by atoms with E-state index in [0.29, 0.717) is 0 Å². The Balaban J connectivity index is 2.26. The minimum Gasteiger partial charge on any atom is -0.353 e. The average molecular weight is 230 g/mol. The lowest BCUT2D eigenvalue weighted by Gasteiger charge is -2.23. The number of rotatable bonds is 5. The molecule has 1 aliphatic rings. The highest BCUT2D eigenvalue weighted by Crippen LogP contribution is 2.36. The molecule has 0 spiro atoms. The number of nitrogens with one attached hydrogen (secondary N) is 1. The summed E-state index contributed by atoms with van der Waals surface area (Å²) in [6, 6.07) is -0.329. The highest BCUT2D eigenvalue weighted by Gasteiger charge is 2.30. The molecular formula is C11H22N2OS. The summed E-state index contributed by atoms with van der Waals surface area (Å²) in [4.78, 5) is 11.6. The van der Waals surface area contributed by atoms with Crippen LogP contribution in [0.5, 0.6) is 0 Å². The zero-order chi connectivity index (χ0) is 11.3. The fourth-order valence-electron chi connectivity index (χ4n) is 1.82. The third-order valence-electron chi connectivity index (χ3n) is 2.87. The van der Waals surface area contributed by atoms with Crippen LogP contribution >= 0.6 is 11.8 Å². The molecule has 0 bridgehead atoms. The van der Waals surface area contributed by atoms with Crippen LogP contribution in [-0.4, -0.2) is 29.0 Å². The zero-order valence-electron chi connectivity index (χ0n) is 9.71. The molecule has 4 heteroatoms. The van der Waals surface area contributed by atoms with E-state index in [1.54, 1.807) is 0 Å². The molecule has 1 saturated heterocycles. The van der Waals surface area contributed by atoms with Crippen molar-refractivity contribution in [2.24, 2.45) is 5.73 Å². The predicted molar refractivity (Wildman–Crippen MR) is 66.0 cm³/mol. The van der Waals surface area contributed by atoms with Crippen LogP contribution in [0, 0.1) is 0 Å². The normalized spacial score (nSPS) is 27.7. The Morgan fingerprint density at radius 2 is 2.40 bits per heavy atom. The minimum atomic E-state index is -0.329. The molecule has 1 rings (SSSR count). The Morgan fingerprint density at radius 1 is 1.67 bits per heavy atom. The van der Waals surface area contributed by atoms with Gasteiger partial charge in [0.25, 0.3) is 0 Å². The first-order valence-corrected chi connectivity index (χ1v) is 6.73. The van der Waals surface area contributed by atoms with Gasteiger partial charge in [0.15, 0.2) is 0 Å². The van der Waals surface area contributed by atoms with E-state index in [0.717, 1.165) is 19.4 Å². The molecule has 1 fully saturated rings. The van der Waals surface area contributed by atoms with Gasteiger partial charge in [-0.15, -0.1) is 0 Å².